The minimum Gasteiger partial charge on any atom is -0.396 e. The molecule has 0 aromatic rings. The number of aliphatic hydroxyl groups excluding tert-OH is 1. The van der Waals surface area contributed by atoms with E-state index in [0.29, 0.717) is 18.9 Å². The molecule has 0 bridgehead atoms. The molecule has 1 amide bonds. The first-order valence-electron chi connectivity index (χ1n) is 6.14. The van der Waals surface area contributed by atoms with E-state index >= 15 is 0 Å². The molecule has 0 aliphatic carbocycles. The van der Waals surface area contributed by atoms with Crippen molar-refractivity contribution in [3.63, 3.8) is 0 Å². The van der Waals surface area contributed by atoms with Gasteiger partial charge in [0.1, 0.15) is 0 Å². The highest BCUT2D eigenvalue weighted by Gasteiger charge is 2.14. The summed E-state index contributed by atoms with van der Waals surface area (Å²) in [5, 5.41) is 15.0. The lowest BCUT2D eigenvalue weighted by Crippen LogP contribution is -2.44. The van der Waals surface area contributed by atoms with Crippen LogP contribution < -0.4 is 10.6 Å². The van der Waals surface area contributed by atoms with E-state index in [-0.39, 0.29) is 24.6 Å². The van der Waals surface area contributed by atoms with Gasteiger partial charge >= 0.3 is 0 Å². The maximum Gasteiger partial charge on any atom is 0.234 e. The zero-order valence-corrected chi connectivity index (χ0v) is 10.9. The van der Waals surface area contributed by atoms with Gasteiger partial charge in [0.15, 0.2) is 0 Å². The molecule has 0 spiro atoms. The Morgan fingerprint density at radius 1 is 1.31 bits per heavy atom. The summed E-state index contributed by atoms with van der Waals surface area (Å²) < 4.78 is 0. The molecule has 0 saturated carbocycles. The van der Waals surface area contributed by atoms with Gasteiger partial charge in [0, 0.05) is 18.7 Å². The zero-order valence-electron chi connectivity index (χ0n) is 10.9. The summed E-state index contributed by atoms with van der Waals surface area (Å²) in [5.74, 6) is 0.446. The molecule has 0 aliphatic rings. The van der Waals surface area contributed by atoms with E-state index in [1.54, 1.807) is 0 Å². The third-order valence-electron chi connectivity index (χ3n) is 2.79. The molecule has 0 aromatic carbocycles. The largest absolute Gasteiger partial charge is 0.396 e. The molecule has 4 nitrogen and oxygen atoms in total. The summed E-state index contributed by atoms with van der Waals surface area (Å²) in [4.78, 5) is 11.5. The van der Waals surface area contributed by atoms with E-state index in [2.05, 4.69) is 24.5 Å². The van der Waals surface area contributed by atoms with Gasteiger partial charge in [-0.2, -0.15) is 0 Å². The fraction of sp³-hybridized carbons (Fsp3) is 0.917. The topological polar surface area (TPSA) is 61.4 Å². The molecule has 2 atom stereocenters. The highest BCUT2D eigenvalue weighted by atomic mass is 16.3. The molecular weight excluding hydrogens is 204 g/mol. The third-order valence-corrected chi connectivity index (χ3v) is 2.79. The van der Waals surface area contributed by atoms with E-state index in [4.69, 9.17) is 5.11 Å². The Labute approximate surface area is 98.8 Å². The Hall–Kier alpha value is -0.610. The molecule has 0 radical (unpaired) electrons. The number of amides is 1. The lowest BCUT2D eigenvalue weighted by molar-refractivity contribution is -0.121. The van der Waals surface area contributed by atoms with Gasteiger partial charge in [0.05, 0.1) is 6.54 Å². The standard InChI is InChI=1S/C12H26N2O2/c1-5-10(4)14-12(16)8-13-11(6-7-15)9(2)3/h9-11,13,15H,5-8H2,1-4H3,(H,14,16). The lowest BCUT2D eigenvalue weighted by atomic mass is 10.0. The van der Waals surface area contributed by atoms with Crippen LogP contribution in [-0.4, -0.2) is 36.2 Å². The third kappa shape index (κ3) is 6.80. The first kappa shape index (κ1) is 15.4. The molecule has 0 heterocycles. The van der Waals surface area contributed by atoms with Crippen LogP contribution in [0.3, 0.4) is 0 Å². The van der Waals surface area contributed by atoms with Crippen LogP contribution in [0.4, 0.5) is 0 Å². The van der Waals surface area contributed by atoms with Crippen molar-refractivity contribution in [3.8, 4) is 0 Å². The van der Waals surface area contributed by atoms with Crippen molar-refractivity contribution in [2.45, 2.75) is 52.6 Å². The number of nitrogens with one attached hydrogen (secondary N) is 2. The second kappa shape index (κ2) is 8.53. The van der Waals surface area contributed by atoms with Crippen molar-refractivity contribution in [3.05, 3.63) is 0 Å². The quantitative estimate of drug-likeness (QED) is 0.580. The maximum absolute atomic E-state index is 11.5. The fourth-order valence-corrected chi connectivity index (χ4v) is 1.46. The van der Waals surface area contributed by atoms with Crippen molar-refractivity contribution < 1.29 is 9.90 Å². The summed E-state index contributed by atoms with van der Waals surface area (Å²) in [6.07, 6.45) is 1.63. The van der Waals surface area contributed by atoms with E-state index in [1.807, 2.05) is 13.8 Å². The molecule has 2 unspecified atom stereocenters. The molecule has 96 valence electrons. The van der Waals surface area contributed by atoms with Gasteiger partial charge in [0.2, 0.25) is 5.91 Å². The fourth-order valence-electron chi connectivity index (χ4n) is 1.46. The van der Waals surface area contributed by atoms with E-state index in [1.165, 1.54) is 0 Å². The van der Waals surface area contributed by atoms with Crippen LogP contribution in [0.15, 0.2) is 0 Å². The second-order valence-electron chi connectivity index (χ2n) is 4.62. The van der Waals surface area contributed by atoms with E-state index < -0.39 is 0 Å². The molecule has 4 heteroatoms. The molecule has 0 rings (SSSR count). The monoisotopic (exact) mass is 230 g/mol. The average molecular weight is 230 g/mol. The number of hydrogen-bond donors (Lipinski definition) is 3. The number of rotatable bonds is 8. The SMILES string of the molecule is CCC(C)NC(=O)CNC(CCO)C(C)C. The minimum absolute atomic E-state index is 0.0259. The van der Waals surface area contributed by atoms with Gasteiger partial charge in [-0.05, 0) is 25.7 Å². The Balaban J connectivity index is 3.87. The molecule has 3 N–H and O–H groups in total. The Morgan fingerprint density at radius 3 is 2.38 bits per heavy atom. The molecule has 0 fully saturated rings. The van der Waals surface area contributed by atoms with Gasteiger partial charge in [-0.15, -0.1) is 0 Å². The van der Waals surface area contributed by atoms with Crippen molar-refractivity contribution >= 4 is 5.91 Å². The van der Waals surface area contributed by atoms with Crippen molar-refractivity contribution in [2.75, 3.05) is 13.2 Å². The van der Waals surface area contributed by atoms with Crippen molar-refractivity contribution in [2.24, 2.45) is 5.92 Å². The van der Waals surface area contributed by atoms with Gasteiger partial charge in [0.25, 0.3) is 0 Å². The van der Waals surface area contributed by atoms with Crippen LogP contribution in [0.25, 0.3) is 0 Å². The Kier molecular flexibility index (Phi) is 8.21. The minimum atomic E-state index is 0.0259. The normalized spacial score (nSPS) is 14.9. The zero-order chi connectivity index (χ0) is 12.6. The van der Waals surface area contributed by atoms with Crippen LogP contribution in [0, 0.1) is 5.92 Å². The summed E-state index contributed by atoms with van der Waals surface area (Å²) in [6.45, 7) is 8.68. The van der Waals surface area contributed by atoms with Crippen LogP contribution >= 0.6 is 0 Å². The maximum atomic E-state index is 11.5. The number of aliphatic hydroxyl groups is 1. The summed E-state index contributed by atoms with van der Waals surface area (Å²) in [6, 6.07) is 0.428. The Morgan fingerprint density at radius 2 is 1.94 bits per heavy atom. The molecule has 0 aliphatic heterocycles. The van der Waals surface area contributed by atoms with Gasteiger partial charge in [-0.25, -0.2) is 0 Å². The number of carbonyl (C=O) groups is 1. The molecule has 0 saturated heterocycles. The van der Waals surface area contributed by atoms with Gasteiger partial charge < -0.3 is 15.7 Å². The number of carbonyl (C=O) groups excluding carboxylic acids is 1. The first-order valence-corrected chi connectivity index (χ1v) is 6.14. The van der Waals surface area contributed by atoms with Crippen LogP contribution in [0.5, 0.6) is 0 Å². The highest BCUT2D eigenvalue weighted by Crippen LogP contribution is 2.04. The van der Waals surface area contributed by atoms with Crippen LogP contribution in [0.1, 0.15) is 40.5 Å². The van der Waals surface area contributed by atoms with E-state index in [0.717, 1.165) is 6.42 Å². The Bertz CT molecular complexity index is 195. The predicted molar refractivity (Wildman–Crippen MR) is 66.2 cm³/mol. The molecule has 0 aromatic heterocycles. The second-order valence-corrected chi connectivity index (χ2v) is 4.62. The molecule has 16 heavy (non-hydrogen) atoms. The number of hydrogen-bond acceptors (Lipinski definition) is 3. The first-order chi connectivity index (χ1) is 7.51. The van der Waals surface area contributed by atoms with Crippen LogP contribution in [-0.2, 0) is 4.79 Å². The summed E-state index contributed by atoms with van der Waals surface area (Å²) in [7, 11) is 0. The van der Waals surface area contributed by atoms with Gasteiger partial charge in [-0.1, -0.05) is 20.8 Å². The lowest BCUT2D eigenvalue weighted by Gasteiger charge is -2.21. The van der Waals surface area contributed by atoms with Crippen molar-refractivity contribution in [1.82, 2.24) is 10.6 Å². The molecular formula is C12H26N2O2. The predicted octanol–water partition coefficient (Wildman–Crippen LogP) is 0.898. The van der Waals surface area contributed by atoms with E-state index in [9.17, 15) is 4.79 Å². The van der Waals surface area contributed by atoms with Gasteiger partial charge in [-0.3, -0.25) is 4.79 Å². The smallest absolute Gasteiger partial charge is 0.234 e. The summed E-state index contributed by atoms with van der Waals surface area (Å²) in [5.41, 5.74) is 0. The highest BCUT2D eigenvalue weighted by molar-refractivity contribution is 5.78. The average Bonchev–Trinajstić information content (AvgIpc) is 2.23. The van der Waals surface area contributed by atoms with Crippen molar-refractivity contribution in [1.29, 1.82) is 0 Å². The van der Waals surface area contributed by atoms with Crippen LogP contribution in [0.2, 0.25) is 0 Å². The summed E-state index contributed by atoms with van der Waals surface area (Å²) >= 11 is 0.